The van der Waals surface area contributed by atoms with Crippen LogP contribution in [0.2, 0.25) is 0 Å². The van der Waals surface area contributed by atoms with E-state index in [1.807, 2.05) is 6.07 Å². The highest BCUT2D eigenvalue weighted by atomic mass is 16.2. The van der Waals surface area contributed by atoms with Crippen molar-refractivity contribution in [2.45, 2.75) is 6.42 Å². The second-order valence-corrected chi connectivity index (χ2v) is 3.01. The summed E-state index contributed by atoms with van der Waals surface area (Å²) in [6.07, 6.45) is 1.05. The van der Waals surface area contributed by atoms with Crippen LogP contribution in [0.1, 0.15) is 22.3 Å². The molecule has 1 aromatic carbocycles. The fourth-order valence-electron chi connectivity index (χ4n) is 1.32. The molecule has 14 heavy (non-hydrogen) atoms. The minimum atomic E-state index is -0.114. The number of benzene rings is 1. The van der Waals surface area contributed by atoms with Gasteiger partial charge in [0.25, 0.3) is 0 Å². The molecule has 0 bridgehead atoms. The van der Waals surface area contributed by atoms with Crippen LogP contribution in [0.4, 0.5) is 0 Å². The normalized spacial score (nSPS) is 14.9. The summed E-state index contributed by atoms with van der Waals surface area (Å²) in [6, 6.07) is 7.02. The van der Waals surface area contributed by atoms with Gasteiger partial charge in [0.2, 0.25) is 5.91 Å². The summed E-state index contributed by atoms with van der Waals surface area (Å²) in [5.41, 5.74) is 4.45. The number of carbonyl (C=O) groups excluding carboxylic acids is 2. The SMILES string of the molecule is O=Cc1cccc(C2=NNC(=O)C2)c1. The summed E-state index contributed by atoms with van der Waals surface area (Å²) >= 11 is 0. The van der Waals surface area contributed by atoms with Gasteiger partial charge in [-0.2, -0.15) is 5.10 Å². The van der Waals surface area contributed by atoms with E-state index in [9.17, 15) is 9.59 Å². The molecule has 0 radical (unpaired) electrons. The fraction of sp³-hybridized carbons (Fsp3) is 0.100. The molecule has 70 valence electrons. The molecule has 4 nitrogen and oxygen atoms in total. The molecule has 1 aromatic rings. The van der Waals surface area contributed by atoms with Crippen molar-refractivity contribution in [2.75, 3.05) is 0 Å². The monoisotopic (exact) mass is 188 g/mol. The van der Waals surface area contributed by atoms with E-state index in [0.29, 0.717) is 11.3 Å². The third kappa shape index (κ3) is 1.54. The predicted molar refractivity (Wildman–Crippen MR) is 51.1 cm³/mol. The first kappa shape index (κ1) is 8.62. The van der Waals surface area contributed by atoms with E-state index in [2.05, 4.69) is 10.5 Å². The van der Waals surface area contributed by atoms with E-state index in [4.69, 9.17) is 0 Å². The lowest BCUT2D eigenvalue weighted by atomic mass is 10.1. The number of nitrogens with zero attached hydrogens (tertiary/aromatic N) is 1. The number of hydrogen-bond acceptors (Lipinski definition) is 3. The summed E-state index contributed by atoms with van der Waals surface area (Å²) < 4.78 is 0. The van der Waals surface area contributed by atoms with Crippen molar-refractivity contribution < 1.29 is 9.59 Å². The Labute approximate surface area is 80.6 Å². The minimum Gasteiger partial charge on any atom is -0.298 e. The van der Waals surface area contributed by atoms with E-state index in [1.54, 1.807) is 18.2 Å². The van der Waals surface area contributed by atoms with Crippen LogP contribution in [-0.4, -0.2) is 17.9 Å². The van der Waals surface area contributed by atoms with Crippen LogP contribution in [-0.2, 0) is 4.79 Å². The molecule has 1 amide bonds. The zero-order chi connectivity index (χ0) is 9.97. The predicted octanol–water partition coefficient (Wildman–Crippen LogP) is 0.723. The average molecular weight is 188 g/mol. The van der Waals surface area contributed by atoms with Crippen LogP contribution in [0.25, 0.3) is 0 Å². The van der Waals surface area contributed by atoms with Crippen molar-refractivity contribution in [1.29, 1.82) is 0 Å². The molecule has 0 unspecified atom stereocenters. The van der Waals surface area contributed by atoms with Crippen LogP contribution in [0.15, 0.2) is 29.4 Å². The standard InChI is InChI=1S/C10H8N2O2/c13-6-7-2-1-3-8(4-7)9-5-10(14)12-11-9/h1-4,6H,5H2,(H,12,14). The third-order valence-electron chi connectivity index (χ3n) is 2.00. The lowest BCUT2D eigenvalue weighted by Gasteiger charge is -1.98. The van der Waals surface area contributed by atoms with Gasteiger partial charge in [0.15, 0.2) is 0 Å². The van der Waals surface area contributed by atoms with Gasteiger partial charge in [0.1, 0.15) is 6.29 Å². The zero-order valence-corrected chi connectivity index (χ0v) is 7.36. The Balaban J connectivity index is 2.32. The Morgan fingerprint density at radius 1 is 1.43 bits per heavy atom. The first-order valence-electron chi connectivity index (χ1n) is 4.20. The average Bonchev–Trinajstić information content (AvgIpc) is 2.65. The summed E-state index contributed by atoms with van der Waals surface area (Å²) in [5, 5.41) is 3.86. The smallest absolute Gasteiger partial charge is 0.246 e. The molecule has 0 aliphatic carbocycles. The van der Waals surface area contributed by atoms with Crippen LogP contribution >= 0.6 is 0 Å². The molecular weight excluding hydrogens is 180 g/mol. The van der Waals surface area contributed by atoms with Crippen LogP contribution < -0.4 is 5.43 Å². The molecule has 0 saturated carbocycles. The van der Waals surface area contributed by atoms with Crippen LogP contribution in [0.3, 0.4) is 0 Å². The molecule has 0 spiro atoms. The molecule has 0 atom stereocenters. The maximum Gasteiger partial charge on any atom is 0.246 e. The van der Waals surface area contributed by atoms with Gasteiger partial charge >= 0.3 is 0 Å². The van der Waals surface area contributed by atoms with E-state index >= 15 is 0 Å². The van der Waals surface area contributed by atoms with E-state index in [-0.39, 0.29) is 12.3 Å². The van der Waals surface area contributed by atoms with Crippen LogP contribution in [0.5, 0.6) is 0 Å². The van der Waals surface area contributed by atoms with Crippen molar-refractivity contribution in [3.05, 3.63) is 35.4 Å². The summed E-state index contributed by atoms with van der Waals surface area (Å²) in [5.74, 6) is -0.114. The first-order chi connectivity index (χ1) is 6.79. The second kappa shape index (κ2) is 3.41. The van der Waals surface area contributed by atoms with Gasteiger partial charge in [0, 0.05) is 5.56 Å². The summed E-state index contributed by atoms with van der Waals surface area (Å²) in [4.78, 5) is 21.4. The molecule has 2 rings (SSSR count). The van der Waals surface area contributed by atoms with Gasteiger partial charge in [-0.1, -0.05) is 18.2 Å². The van der Waals surface area contributed by atoms with Gasteiger partial charge in [-0.05, 0) is 11.6 Å². The number of amides is 1. The molecule has 0 fully saturated rings. The van der Waals surface area contributed by atoms with Crippen molar-refractivity contribution >= 4 is 17.9 Å². The van der Waals surface area contributed by atoms with Gasteiger partial charge < -0.3 is 0 Å². The van der Waals surface area contributed by atoms with Crippen molar-refractivity contribution in [3.63, 3.8) is 0 Å². The lowest BCUT2D eigenvalue weighted by molar-refractivity contribution is -0.119. The number of hydrogen-bond donors (Lipinski definition) is 1. The number of rotatable bonds is 2. The van der Waals surface area contributed by atoms with Gasteiger partial charge in [0.05, 0.1) is 12.1 Å². The highest BCUT2D eigenvalue weighted by Gasteiger charge is 2.15. The highest BCUT2D eigenvalue weighted by Crippen LogP contribution is 2.09. The van der Waals surface area contributed by atoms with Crippen molar-refractivity contribution in [3.8, 4) is 0 Å². The van der Waals surface area contributed by atoms with Gasteiger partial charge in [-0.25, -0.2) is 5.43 Å². The molecule has 1 N–H and O–H groups in total. The Bertz CT molecular complexity index is 424. The number of aldehydes is 1. The lowest BCUT2D eigenvalue weighted by Crippen LogP contribution is -2.09. The Morgan fingerprint density at radius 3 is 2.93 bits per heavy atom. The molecular formula is C10H8N2O2. The quantitative estimate of drug-likeness (QED) is 0.695. The topological polar surface area (TPSA) is 58.5 Å². The highest BCUT2D eigenvalue weighted by molar-refractivity contribution is 6.13. The molecule has 1 aliphatic rings. The van der Waals surface area contributed by atoms with Crippen LogP contribution in [0, 0.1) is 0 Å². The summed E-state index contributed by atoms with van der Waals surface area (Å²) in [7, 11) is 0. The Hall–Kier alpha value is -1.97. The maximum absolute atomic E-state index is 10.9. The van der Waals surface area contributed by atoms with Gasteiger partial charge in [-0.3, -0.25) is 9.59 Å². The van der Waals surface area contributed by atoms with E-state index < -0.39 is 0 Å². The fourth-order valence-corrected chi connectivity index (χ4v) is 1.32. The molecule has 0 aromatic heterocycles. The van der Waals surface area contributed by atoms with E-state index in [1.165, 1.54) is 0 Å². The molecule has 4 heteroatoms. The minimum absolute atomic E-state index is 0.114. The molecule has 1 aliphatic heterocycles. The Morgan fingerprint density at radius 2 is 2.29 bits per heavy atom. The number of nitrogens with one attached hydrogen (secondary N) is 1. The van der Waals surface area contributed by atoms with Crippen molar-refractivity contribution in [2.24, 2.45) is 5.10 Å². The first-order valence-corrected chi connectivity index (χ1v) is 4.20. The maximum atomic E-state index is 10.9. The summed E-state index contributed by atoms with van der Waals surface area (Å²) in [6.45, 7) is 0. The second-order valence-electron chi connectivity index (χ2n) is 3.01. The largest absolute Gasteiger partial charge is 0.298 e. The Kier molecular flexibility index (Phi) is 2.10. The number of hydrazone groups is 1. The van der Waals surface area contributed by atoms with Crippen molar-refractivity contribution in [1.82, 2.24) is 5.43 Å². The van der Waals surface area contributed by atoms with Gasteiger partial charge in [-0.15, -0.1) is 0 Å². The van der Waals surface area contributed by atoms with E-state index in [0.717, 1.165) is 11.8 Å². The number of carbonyl (C=O) groups is 2. The molecule has 0 saturated heterocycles. The third-order valence-corrected chi connectivity index (χ3v) is 2.00. The molecule has 1 heterocycles. The zero-order valence-electron chi connectivity index (χ0n) is 7.36.